The van der Waals surface area contributed by atoms with Crippen molar-refractivity contribution in [2.45, 2.75) is 18.9 Å². The monoisotopic (exact) mass is 440 g/mol. The standard InChI is InChI=1S/C13H14I2O/c14-9-8-13(16-11-10-15)7-6-12-4-2-1-3-5-12/h1-5,13H,6-7,10-11H2. The molecule has 3 heteroatoms. The van der Waals surface area contributed by atoms with Gasteiger partial charge in [0.15, 0.2) is 0 Å². The Labute approximate surface area is 125 Å². The van der Waals surface area contributed by atoms with E-state index >= 15 is 0 Å². The molecule has 0 aromatic heterocycles. The number of benzene rings is 1. The molecule has 1 rings (SSSR count). The molecule has 1 atom stereocenters. The van der Waals surface area contributed by atoms with E-state index in [1.807, 2.05) is 6.07 Å². The molecular weight excluding hydrogens is 426 g/mol. The molecular formula is C13H14I2O. The molecule has 1 aromatic rings. The van der Waals surface area contributed by atoms with Crippen LogP contribution in [0.25, 0.3) is 0 Å². The lowest BCUT2D eigenvalue weighted by Crippen LogP contribution is -2.13. The molecule has 86 valence electrons. The molecule has 0 N–H and O–H groups in total. The first-order valence-electron chi connectivity index (χ1n) is 5.19. The van der Waals surface area contributed by atoms with E-state index in [0.717, 1.165) is 23.9 Å². The second kappa shape index (κ2) is 9.25. The zero-order valence-electron chi connectivity index (χ0n) is 8.96. The largest absolute Gasteiger partial charge is 0.365 e. The minimum absolute atomic E-state index is 0.0758. The molecule has 1 unspecified atom stereocenters. The summed E-state index contributed by atoms with van der Waals surface area (Å²) in [6, 6.07) is 10.5. The lowest BCUT2D eigenvalue weighted by atomic mass is 10.1. The summed E-state index contributed by atoms with van der Waals surface area (Å²) in [6.07, 6.45) is 2.07. The van der Waals surface area contributed by atoms with Gasteiger partial charge in [0.25, 0.3) is 0 Å². The van der Waals surface area contributed by atoms with Crippen LogP contribution in [0.2, 0.25) is 0 Å². The molecule has 0 bridgehead atoms. The summed E-state index contributed by atoms with van der Waals surface area (Å²) in [7, 11) is 0. The maximum atomic E-state index is 5.67. The lowest BCUT2D eigenvalue weighted by molar-refractivity contribution is 0.101. The van der Waals surface area contributed by atoms with Gasteiger partial charge in [0.05, 0.1) is 6.61 Å². The van der Waals surface area contributed by atoms with Crippen molar-refractivity contribution in [1.82, 2.24) is 0 Å². The van der Waals surface area contributed by atoms with E-state index in [-0.39, 0.29) is 6.10 Å². The highest BCUT2D eigenvalue weighted by Crippen LogP contribution is 2.07. The quantitative estimate of drug-likeness (QED) is 0.372. The number of halogens is 2. The van der Waals surface area contributed by atoms with Crippen molar-refractivity contribution < 1.29 is 4.74 Å². The number of hydrogen-bond acceptors (Lipinski definition) is 1. The topological polar surface area (TPSA) is 9.23 Å². The number of hydrogen-bond donors (Lipinski definition) is 0. The van der Waals surface area contributed by atoms with Gasteiger partial charge in [-0.1, -0.05) is 58.8 Å². The fourth-order valence-electron chi connectivity index (χ4n) is 1.39. The van der Waals surface area contributed by atoms with Crippen LogP contribution in [0.3, 0.4) is 0 Å². The Morgan fingerprint density at radius 3 is 2.62 bits per heavy atom. The molecule has 0 fully saturated rings. The SMILES string of the molecule is IC#CC(CCc1ccccc1)OCCI. The minimum atomic E-state index is 0.0758. The molecule has 1 aromatic carbocycles. The van der Waals surface area contributed by atoms with Gasteiger partial charge in [-0.3, -0.25) is 0 Å². The molecule has 0 amide bonds. The van der Waals surface area contributed by atoms with Crippen LogP contribution in [0.15, 0.2) is 30.3 Å². The Morgan fingerprint density at radius 2 is 2.00 bits per heavy atom. The molecule has 0 heterocycles. The van der Waals surface area contributed by atoms with Gasteiger partial charge in [0, 0.05) is 27.0 Å². The van der Waals surface area contributed by atoms with Gasteiger partial charge in [0.1, 0.15) is 6.10 Å². The fourth-order valence-corrected chi connectivity index (χ4v) is 1.99. The number of rotatable bonds is 6. The van der Waals surface area contributed by atoms with E-state index in [2.05, 4.69) is 79.3 Å². The third-order valence-electron chi connectivity index (χ3n) is 2.15. The summed E-state index contributed by atoms with van der Waals surface area (Å²) < 4.78 is 9.59. The van der Waals surface area contributed by atoms with Crippen molar-refractivity contribution in [2.24, 2.45) is 0 Å². The predicted molar refractivity (Wildman–Crippen MR) is 85.2 cm³/mol. The fraction of sp³-hybridized carbons (Fsp3) is 0.385. The Morgan fingerprint density at radius 1 is 1.25 bits per heavy atom. The second-order valence-electron chi connectivity index (χ2n) is 3.31. The Balaban J connectivity index is 2.39. The van der Waals surface area contributed by atoms with E-state index in [9.17, 15) is 0 Å². The molecule has 0 aliphatic rings. The van der Waals surface area contributed by atoms with Gasteiger partial charge in [-0.05, 0) is 22.3 Å². The van der Waals surface area contributed by atoms with Crippen LogP contribution in [0.4, 0.5) is 0 Å². The third kappa shape index (κ3) is 6.06. The van der Waals surface area contributed by atoms with Gasteiger partial charge < -0.3 is 4.74 Å². The Hall–Kier alpha value is 0.200. The predicted octanol–water partition coefficient (Wildman–Crippen LogP) is 3.84. The van der Waals surface area contributed by atoms with E-state index in [1.54, 1.807) is 0 Å². The highest BCUT2D eigenvalue weighted by atomic mass is 127. The van der Waals surface area contributed by atoms with Crippen LogP contribution in [-0.4, -0.2) is 17.1 Å². The van der Waals surface area contributed by atoms with Crippen molar-refractivity contribution in [3.8, 4) is 9.85 Å². The molecule has 0 radical (unpaired) electrons. The minimum Gasteiger partial charge on any atom is -0.365 e. The molecule has 0 spiro atoms. The van der Waals surface area contributed by atoms with Crippen molar-refractivity contribution in [2.75, 3.05) is 11.0 Å². The van der Waals surface area contributed by atoms with E-state index in [4.69, 9.17) is 4.74 Å². The van der Waals surface area contributed by atoms with Crippen LogP contribution < -0.4 is 0 Å². The van der Waals surface area contributed by atoms with Crippen LogP contribution in [0.5, 0.6) is 0 Å². The van der Waals surface area contributed by atoms with Crippen LogP contribution in [-0.2, 0) is 11.2 Å². The van der Waals surface area contributed by atoms with Crippen LogP contribution in [0.1, 0.15) is 12.0 Å². The van der Waals surface area contributed by atoms with Crippen LogP contribution >= 0.6 is 45.2 Å². The first-order valence-corrected chi connectivity index (χ1v) is 7.80. The number of alkyl halides is 1. The summed E-state index contributed by atoms with van der Waals surface area (Å²) in [5.41, 5.74) is 1.35. The summed E-state index contributed by atoms with van der Waals surface area (Å²) in [5.74, 6) is 3.10. The Bertz CT molecular complexity index is 340. The molecule has 0 aliphatic carbocycles. The van der Waals surface area contributed by atoms with Crippen molar-refractivity contribution >= 4 is 45.2 Å². The van der Waals surface area contributed by atoms with Crippen molar-refractivity contribution in [3.05, 3.63) is 35.9 Å². The number of aryl methyl sites for hydroxylation is 1. The van der Waals surface area contributed by atoms with Crippen molar-refractivity contribution in [1.29, 1.82) is 0 Å². The maximum absolute atomic E-state index is 5.67. The van der Waals surface area contributed by atoms with E-state index in [1.165, 1.54) is 5.56 Å². The van der Waals surface area contributed by atoms with Gasteiger partial charge in [-0.2, -0.15) is 0 Å². The smallest absolute Gasteiger partial charge is 0.119 e. The van der Waals surface area contributed by atoms with Crippen LogP contribution in [0, 0.1) is 9.85 Å². The van der Waals surface area contributed by atoms with Gasteiger partial charge >= 0.3 is 0 Å². The zero-order chi connectivity index (χ0) is 11.6. The molecule has 16 heavy (non-hydrogen) atoms. The van der Waals surface area contributed by atoms with E-state index < -0.39 is 0 Å². The van der Waals surface area contributed by atoms with E-state index in [0.29, 0.717) is 0 Å². The molecule has 1 nitrogen and oxygen atoms in total. The van der Waals surface area contributed by atoms with Gasteiger partial charge in [0.2, 0.25) is 0 Å². The first-order chi connectivity index (χ1) is 7.86. The summed E-state index contributed by atoms with van der Waals surface area (Å²) in [5, 5.41) is 0. The Kier molecular flexibility index (Phi) is 8.25. The number of ether oxygens (including phenoxy) is 1. The molecule has 0 saturated heterocycles. The highest BCUT2D eigenvalue weighted by Gasteiger charge is 2.05. The average Bonchev–Trinajstić information content (AvgIpc) is 2.34. The first kappa shape index (κ1) is 14.3. The third-order valence-corrected chi connectivity index (χ3v) is 2.90. The summed E-state index contributed by atoms with van der Waals surface area (Å²) in [4.78, 5) is 0. The molecule has 0 saturated carbocycles. The highest BCUT2D eigenvalue weighted by molar-refractivity contribution is 14.1. The zero-order valence-corrected chi connectivity index (χ0v) is 13.3. The van der Waals surface area contributed by atoms with Gasteiger partial charge in [-0.25, -0.2) is 0 Å². The van der Waals surface area contributed by atoms with Crippen molar-refractivity contribution in [3.63, 3.8) is 0 Å². The average molecular weight is 440 g/mol. The summed E-state index contributed by atoms with van der Waals surface area (Å²) in [6.45, 7) is 0.783. The summed E-state index contributed by atoms with van der Waals surface area (Å²) >= 11 is 4.38. The maximum Gasteiger partial charge on any atom is 0.119 e. The van der Waals surface area contributed by atoms with Gasteiger partial charge in [-0.15, -0.1) is 0 Å². The molecule has 0 aliphatic heterocycles. The normalized spacial score (nSPS) is 11.6. The second-order valence-corrected chi connectivity index (χ2v) is 4.93. The lowest BCUT2D eigenvalue weighted by Gasteiger charge is -2.11.